The monoisotopic (exact) mass is 569 g/mol. The van der Waals surface area contributed by atoms with Crippen LogP contribution in [0.4, 0.5) is 0 Å². The third kappa shape index (κ3) is 4.88. The molecule has 1 spiro atoms. The van der Waals surface area contributed by atoms with Crippen molar-refractivity contribution in [3.05, 3.63) is 25.3 Å². The van der Waals surface area contributed by atoms with Gasteiger partial charge in [-0.3, -0.25) is 19.3 Å². The van der Waals surface area contributed by atoms with Gasteiger partial charge < -0.3 is 29.1 Å². The molecule has 36 heavy (non-hydrogen) atoms. The molecule has 4 heterocycles. The first-order valence-corrected chi connectivity index (χ1v) is 13.5. The second-order valence-corrected chi connectivity index (χ2v) is 10.9. The van der Waals surface area contributed by atoms with Crippen LogP contribution in [-0.2, 0) is 28.6 Å². The largest absolute Gasteiger partial charge is 0.461 e. The lowest BCUT2D eigenvalue weighted by Crippen LogP contribution is -2.57. The van der Waals surface area contributed by atoms with Crippen molar-refractivity contribution in [1.29, 1.82) is 0 Å². The number of ether oxygens (including phenoxy) is 3. The Morgan fingerprint density at radius 1 is 1.25 bits per heavy atom. The number of carbonyl (C=O) groups excluding carboxylic acids is 3. The number of aliphatic hydroxyl groups excluding tert-OH is 1. The number of morpholine rings is 1. The minimum Gasteiger partial charge on any atom is -0.461 e. The highest BCUT2D eigenvalue weighted by atomic mass is 79.9. The smallest absolute Gasteiger partial charge is 0.312 e. The molecule has 3 unspecified atom stereocenters. The number of alkyl halides is 1. The van der Waals surface area contributed by atoms with Gasteiger partial charge in [0.15, 0.2) is 0 Å². The van der Waals surface area contributed by atoms with Gasteiger partial charge in [0, 0.05) is 50.7 Å². The molecule has 4 aliphatic heterocycles. The molecule has 4 aliphatic rings. The molecule has 0 aliphatic carbocycles. The van der Waals surface area contributed by atoms with Gasteiger partial charge in [0.25, 0.3) is 0 Å². The Labute approximate surface area is 220 Å². The van der Waals surface area contributed by atoms with Gasteiger partial charge in [-0.25, -0.2) is 0 Å². The Morgan fingerprint density at radius 2 is 2.00 bits per heavy atom. The number of hydrogen-bond donors (Lipinski definition) is 1. The summed E-state index contributed by atoms with van der Waals surface area (Å²) in [5, 5.41) is 9.49. The molecule has 0 aromatic carbocycles. The molecule has 200 valence electrons. The topological polar surface area (TPSA) is 109 Å². The van der Waals surface area contributed by atoms with Crippen molar-refractivity contribution in [2.75, 3.05) is 65.7 Å². The molecular weight excluding hydrogens is 534 g/mol. The second kappa shape index (κ2) is 11.7. The van der Waals surface area contributed by atoms with Gasteiger partial charge in [0.1, 0.15) is 18.2 Å². The van der Waals surface area contributed by atoms with Crippen molar-refractivity contribution in [3.63, 3.8) is 0 Å². The zero-order valence-electron chi connectivity index (χ0n) is 20.6. The maximum atomic E-state index is 14.2. The third-order valence-corrected chi connectivity index (χ3v) is 8.49. The normalized spacial score (nSPS) is 33.4. The van der Waals surface area contributed by atoms with Crippen LogP contribution in [0.3, 0.4) is 0 Å². The van der Waals surface area contributed by atoms with Crippen molar-refractivity contribution < 1.29 is 33.7 Å². The highest BCUT2D eigenvalue weighted by Gasteiger charge is 2.77. The van der Waals surface area contributed by atoms with E-state index in [1.165, 1.54) is 11.0 Å². The number of fused-ring (bicyclic) bond motifs is 1. The fourth-order valence-corrected chi connectivity index (χ4v) is 7.05. The number of nitrogens with zero attached hydrogens (tertiary/aromatic N) is 3. The molecule has 0 saturated carbocycles. The van der Waals surface area contributed by atoms with Crippen LogP contribution >= 0.6 is 15.9 Å². The van der Waals surface area contributed by atoms with Crippen LogP contribution in [0.2, 0.25) is 0 Å². The lowest BCUT2D eigenvalue weighted by Gasteiger charge is -2.37. The molecule has 2 amide bonds. The summed E-state index contributed by atoms with van der Waals surface area (Å²) in [4.78, 5) is 46.3. The number of amides is 2. The predicted molar refractivity (Wildman–Crippen MR) is 134 cm³/mol. The molecular formula is C25H36BrN3O7. The Morgan fingerprint density at radius 3 is 2.67 bits per heavy atom. The average molecular weight is 570 g/mol. The van der Waals surface area contributed by atoms with Crippen LogP contribution in [0.15, 0.2) is 25.3 Å². The summed E-state index contributed by atoms with van der Waals surface area (Å²) in [6, 6.07) is -0.895. The number of esters is 1. The third-order valence-electron chi connectivity index (χ3n) is 7.65. The van der Waals surface area contributed by atoms with Gasteiger partial charge in [-0.05, 0) is 12.8 Å². The van der Waals surface area contributed by atoms with Crippen molar-refractivity contribution in [3.8, 4) is 0 Å². The highest BCUT2D eigenvalue weighted by molar-refractivity contribution is 9.09. The van der Waals surface area contributed by atoms with Crippen LogP contribution in [0.25, 0.3) is 0 Å². The molecule has 0 radical (unpaired) electrons. The van der Waals surface area contributed by atoms with Crippen LogP contribution in [0, 0.1) is 11.8 Å². The minimum atomic E-state index is -1.14. The van der Waals surface area contributed by atoms with E-state index in [0.717, 1.165) is 13.1 Å². The maximum absolute atomic E-state index is 14.2. The van der Waals surface area contributed by atoms with Crippen molar-refractivity contribution in [2.24, 2.45) is 11.8 Å². The Kier molecular flexibility index (Phi) is 8.87. The fourth-order valence-electron chi connectivity index (χ4n) is 6.10. The minimum absolute atomic E-state index is 0.0359. The zero-order valence-corrected chi connectivity index (χ0v) is 22.1. The average Bonchev–Trinajstić information content (AvgIpc) is 3.47. The summed E-state index contributed by atoms with van der Waals surface area (Å²) in [6.45, 7) is 11.9. The summed E-state index contributed by atoms with van der Waals surface area (Å²) >= 11 is 3.64. The summed E-state index contributed by atoms with van der Waals surface area (Å²) in [5.74, 6) is -2.67. The summed E-state index contributed by atoms with van der Waals surface area (Å²) in [7, 11) is 0. The predicted octanol–water partition coefficient (Wildman–Crippen LogP) is 0.193. The highest BCUT2D eigenvalue weighted by Crippen LogP contribution is 2.60. The zero-order chi connectivity index (χ0) is 25.9. The lowest BCUT2D eigenvalue weighted by atomic mass is 9.70. The Bertz CT molecular complexity index is 867. The van der Waals surface area contributed by atoms with E-state index >= 15 is 0 Å². The first-order chi connectivity index (χ1) is 17.4. The van der Waals surface area contributed by atoms with E-state index in [1.807, 2.05) is 0 Å². The van der Waals surface area contributed by atoms with Gasteiger partial charge in [-0.2, -0.15) is 0 Å². The van der Waals surface area contributed by atoms with Gasteiger partial charge in [-0.15, -0.1) is 6.58 Å². The molecule has 4 saturated heterocycles. The van der Waals surface area contributed by atoms with E-state index in [2.05, 4.69) is 34.0 Å². The molecule has 2 bridgehead atoms. The molecule has 0 aromatic heterocycles. The molecule has 10 nitrogen and oxygen atoms in total. The molecule has 1 N–H and O–H groups in total. The standard InChI is InChI=1S/C25H36BrN3O7/c1-3-6-28(9-8-27-10-14-34-15-11-27)23(32)21-25-16-17(26)20(36-25)18(24(33)35-13-4-2)19(25)22(31)29(21)7-5-12-30/h3-4,17-21,30H,1-2,5-16H2/t17?,18-,19-,20-,21?,25?/m0/s1. The summed E-state index contributed by atoms with van der Waals surface area (Å²) in [5.41, 5.74) is -1.14. The molecule has 6 atom stereocenters. The molecule has 4 fully saturated rings. The second-order valence-electron chi connectivity index (χ2n) is 9.72. The van der Waals surface area contributed by atoms with Gasteiger partial charge in [-0.1, -0.05) is 34.7 Å². The summed E-state index contributed by atoms with van der Waals surface area (Å²) in [6.07, 6.45) is 3.34. The summed E-state index contributed by atoms with van der Waals surface area (Å²) < 4.78 is 17.2. The first kappa shape index (κ1) is 27.3. The molecule has 11 heteroatoms. The van der Waals surface area contributed by atoms with E-state index in [4.69, 9.17) is 14.2 Å². The van der Waals surface area contributed by atoms with Gasteiger partial charge >= 0.3 is 5.97 Å². The first-order valence-electron chi connectivity index (χ1n) is 12.6. The lowest BCUT2D eigenvalue weighted by molar-refractivity contribution is -0.154. The van der Waals surface area contributed by atoms with Crippen LogP contribution in [0.1, 0.15) is 12.8 Å². The van der Waals surface area contributed by atoms with Crippen LogP contribution < -0.4 is 0 Å². The Balaban J connectivity index is 1.63. The number of likely N-dealkylation sites (tertiary alicyclic amines) is 1. The quantitative estimate of drug-likeness (QED) is 0.201. The number of carbonyl (C=O) groups is 3. The van der Waals surface area contributed by atoms with Crippen LogP contribution in [-0.4, -0.2) is 126 Å². The van der Waals surface area contributed by atoms with Crippen molar-refractivity contribution in [1.82, 2.24) is 14.7 Å². The number of halogens is 1. The van der Waals surface area contributed by atoms with E-state index in [9.17, 15) is 19.5 Å². The SMILES string of the molecule is C=CCOC(=O)[C@H]1[C@H]2C(=O)N(CCCO)C(C(=O)N(CC=C)CCN3CCOCC3)C23CC(Br)[C@@H]1O3. The van der Waals surface area contributed by atoms with Crippen LogP contribution in [0.5, 0.6) is 0 Å². The van der Waals surface area contributed by atoms with E-state index in [0.29, 0.717) is 45.7 Å². The number of aliphatic hydroxyl groups is 1. The fraction of sp³-hybridized carbons (Fsp3) is 0.720. The maximum Gasteiger partial charge on any atom is 0.312 e. The molecule has 4 rings (SSSR count). The Hall–Kier alpha value is -1.79. The van der Waals surface area contributed by atoms with E-state index in [1.54, 1.807) is 11.0 Å². The van der Waals surface area contributed by atoms with Crippen molar-refractivity contribution >= 4 is 33.7 Å². The van der Waals surface area contributed by atoms with Gasteiger partial charge in [0.2, 0.25) is 11.8 Å². The number of hydrogen-bond acceptors (Lipinski definition) is 8. The van der Waals surface area contributed by atoms with Gasteiger partial charge in [0.05, 0.1) is 31.2 Å². The van der Waals surface area contributed by atoms with E-state index in [-0.39, 0.29) is 36.4 Å². The number of rotatable bonds is 12. The van der Waals surface area contributed by atoms with E-state index < -0.39 is 35.6 Å². The molecule has 0 aromatic rings. The van der Waals surface area contributed by atoms with Crippen molar-refractivity contribution in [2.45, 2.75) is 35.4 Å².